The Bertz CT molecular complexity index is 858. The average molecular weight is 396 g/mol. The Labute approximate surface area is 157 Å². The van der Waals surface area contributed by atoms with E-state index >= 15 is 0 Å². The molecule has 0 fully saturated rings. The number of fused-ring (bicyclic) bond motifs is 1. The number of halogens is 3. The minimum Gasteiger partial charge on any atom is -0.482 e. The van der Waals surface area contributed by atoms with E-state index in [2.05, 4.69) is 5.32 Å². The molecule has 2 aromatic rings. The lowest BCUT2D eigenvalue weighted by molar-refractivity contribution is -0.153. The molecule has 27 heavy (non-hydrogen) atoms. The van der Waals surface area contributed by atoms with Crippen molar-refractivity contribution in [3.05, 3.63) is 48.5 Å². The summed E-state index contributed by atoms with van der Waals surface area (Å²) in [5, 5.41) is 2.51. The Morgan fingerprint density at radius 3 is 2.63 bits per heavy atom. The van der Waals surface area contributed by atoms with Crippen LogP contribution in [-0.4, -0.2) is 36.9 Å². The number of carbonyl (C=O) groups excluding carboxylic acids is 2. The van der Waals surface area contributed by atoms with E-state index in [0.29, 0.717) is 5.69 Å². The highest BCUT2D eigenvalue weighted by molar-refractivity contribution is 8.00. The van der Waals surface area contributed by atoms with Crippen LogP contribution in [0, 0.1) is 0 Å². The van der Waals surface area contributed by atoms with E-state index in [-0.39, 0.29) is 29.6 Å². The number of hydrogen-bond donors (Lipinski definition) is 1. The molecule has 0 aliphatic carbocycles. The average Bonchev–Trinajstić information content (AvgIpc) is 2.63. The van der Waals surface area contributed by atoms with Gasteiger partial charge in [0, 0.05) is 4.90 Å². The lowest BCUT2D eigenvalue weighted by Gasteiger charge is -2.28. The number of benzene rings is 2. The van der Waals surface area contributed by atoms with Gasteiger partial charge < -0.3 is 15.0 Å². The van der Waals surface area contributed by atoms with E-state index in [9.17, 15) is 22.8 Å². The Balaban J connectivity index is 1.71. The largest absolute Gasteiger partial charge is 0.482 e. The minimum atomic E-state index is -4.49. The smallest absolute Gasteiger partial charge is 0.422 e. The summed E-state index contributed by atoms with van der Waals surface area (Å²) < 4.78 is 41.9. The predicted octanol–water partition coefficient (Wildman–Crippen LogP) is 3.71. The highest BCUT2D eigenvalue weighted by Gasteiger charge is 2.29. The maximum Gasteiger partial charge on any atom is 0.422 e. The molecule has 9 heteroatoms. The monoisotopic (exact) mass is 396 g/mol. The van der Waals surface area contributed by atoms with Gasteiger partial charge in [0.2, 0.25) is 11.8 Å². The second-order valence-corrected chi connectivity index (χ2v) is 6.70. The second-order valence-electron chi connectivity index (χ2n) is 5.68. The first kappa shape index (κ1) is 19.1. The van der Waals surface area contributed by atoms with Crippen LogP contribution in [0.5, 0.6) is 5.75 Å². The lowest BCUT2D eigenvalue weighted by Crippen LogP contribution is -2.41. The molecule has 1 heterocycles. The third-order valence-corrected chi connectivity index (χ3v) is 4.71. The van der Waals surface area contributed by atoms with Crippen molar-refractivity contribution in [1.82, 2.24) is 0 Å². The van der Waals surface area contributed by atoms with Crippen molar-refractivity contribution >= 4 is 35.0 Å². The van der Waals surface area contributed by atoms with Crippen LogP contribution in [0.25, 0.3) is 0 Å². The molecule has 0 aromatic heterocycles. The zero-order chi connectivity index (χ0) is 19.4. The lowest BCUT2D eigenvalue weighted by atomic mass is 10.2. The molecule has 1 N–H and O–H groups in total. The number of nitrogens with zero attached hydrogens (tertiary/aromatic N) is 1. The van der Waals surface area contributed by atoms with E-state index in [1.54, 1.807) is 18.2 Å². The van der Waals surface area contributed by atoms with Gasteiger partial charge in [-0.2, -0.15) is 13.2 Å². The molecule has 5 nitrogen and oxygen atoms in total. The van der Waals surface area contributed by atoms with Crippen LogP contribution in [-0.2, 0) is 9.59 Å². The van der Waals surface area contributed by atoms with Gasteiger partial charge in [-0.05, 0) is 24.3 Å². The van der Waals surface area contributed by atoms with Crippen LogP contribution < -0.4 is 15.0 Å². The molecular weight excluding hydrogens is 381 g/mol. The first-order chi connectivity index (χ1) is 12.8. The van der Waals surface area contributed by atoms with Crippen molar-refractivity contribution in [3.63, 3.8) is 0 Å². The van der Waals surface area contributed by atoms with E-state index in [1.807, 2.05) is 12.1 Å². The van der Waals surface area contributed by atoms with Gasteiger partial charge in [0.25, 0.3) is 0 Å². The first-order valence-corrected chi connectivity index (χ1v) is 8.93. The van der Waals surface area contributed by atoms with Crippen molar-refractivity contribution in [3.8, 4) is 5.75 Å². The first-order valence-electron chi connectivity index (χ1n) is 7.94. The molecule has 0 bridgehead atoms. The summed E-state index contributed by atoms with van der Waals surface area (Å²) in [4.78, 5) is 26.8. The Morgan fingerprint density at radius 1 is 1.15 bits per heavy atom. The molecule has 2 amide bonds. The van der Waals surface area contributed by atoms with Gasteiger partial charge >= 0.3 is 6.18 Å². The fourth-order valence-corrected chi connectivity index (χ4v) is 3.45. The number of carbonyl (C=O) groups is 2. The van der Waals surface area contributed by atoms with E-state index in [1.165, 1.54) is 34.9 Å². The summed E-state index contributed by atoms with van der Waals surface area (Å²) in [5.74, 6) is -0.622. The molecule has 1 aliphatic rings. The number of rotatable bonds is 5. The van der Waals surface area contributed by atoms with Gasteiger partial charge in [-0.1, -0.05) is 24.3 Å². The number of para-hydroxylation sites is 3. The van der Waals surface area contributed by atoms with Crippen molar-refractivity contribution in [2.75, 3.05) is 29.1 Å². The van der Waals surface area contributed by atoms with E-state index < -0.39 is 18.7 Å². The molecule has 3 rings (SSSR count). The Kier molecular flexibility index (Phi) is 5.59. The second kappa shape index (κ2) is 7.91. The zero-order valence-electron chi connectivity index (χ0n) is 14.0. The normalized spacial score (nSPS) is 13.9. The molecule has 0 saturated heterocycles. The number of alkyl halides is 3. The van der Waals surface area contributed by atoms with Gasteiger partial charge in [0.15, 0.2) is 6.61 Å². The molecule has 0 saturated carbocycles. The third-order valence-electron chi connectivity index (χ3n) is 3.66. The highest BCUT2D eigenvalue weighted by Crippen LogP contribution is 2.35. The number of hydrogen-bond acceptors (Lipinski definition) is 4. The van der Waals surface area contributed by atoms with Crippen LogP contribution in [0.1, 0.15) is 0 Å². The number of ether oxygens (including phenoxy) is 1. The van der Waals surface area contributed by atoms with Gasteiger partial charge in [0.05, 0.1) is 17.1 Å². The molecule has 0 radical (unpaired) electrons. The van der Waals surface area contributed by atoms with Gasteiger partial charge in [-0.3, -0.25) is 9.59 Å². The van der Waals surface area contributed by atoms with Crippen LogP contribution >= 0.6 is 11.8 Å². The van der Waals surface area contributed by atoms with E-state index in [4.69, 9.17) is 4.74 Å². The summed E-state index contributed by atoms with van der Waals surface area (Å²) >= 11 is 1.39. The predicted molar refractivity (Wildman–Crippen MR) is 96.1 cm³/mol. The van der Waals surface area contributed by atoms with Crippen molar-refractivity contribution in [1.29, 1.82) is 0 Å². The van der Waals surface area contributed by atoms with Crippen LogP contribution in [0.2, 0.25) is 0 Å². The van der Waals surface area contributed by atoms with Crippen LogP contribution in [0.4, 0.5) is 24.5 Å². The summed E-state index contributed by atoms with van der Waals surface area (Å²) in [5.41, 5.74) is 0.745. The third kappa shape index (κ3) is 4.94. The van der Waals surface area contributed by atoms with Crippen molar-refractivity contribution in [2.45, 2.75) is 11.1 Å². The molecule has 0 spiro atoms. The summed E-state index contributed by atoms with van der Waals surface area (Å²) in [6, 6.07) is 13.0. The van der Waals surface area contributed by atoms with E-state index in [0.717, 1.165) is 4.90 Å². The number of anilines is 2. The molecule has 0 atom stereocenters. The quantitative estimate of drug-likeness (QED) is 0.837. The molecule has 0 unspecified atom stereocenters. The van der Waals surface area contributed by atoms with Gasteiger partial charge in [-0.15, -0.1) is 11.8 Å². The maximum absolute atomic E-state index is 12.4. The summed E-state index contributed by atoms with van der Waals surface area (Å²) in [6.45, 7) is -1.71. The molecule has 142 valence electrons. The van der Waals surface area contributed by atoms with Gasteiger partial charge in [-0.25, -0.2) is 0 Å². The van der Waals surface area contributed by atoms with Crippen LogP contribution in [0.3, 0.4) is 0 Å². The fourth-order valence-electron chi connectivity index (χ4n) is 2.52. The number of nitrogens with one attached hydrogen (secondary N) is 1. The Morgan fingerprint density at radius 2 is 1.85 bits per heavy atom. The fraction of sp³-hybridized carbons (Fsp3) is 0.222. The maximum atomic E-state index is 12.4. The number of amides is 2. The summed E-state index contributed by atoms with van der Waals surface area (Å²) in [6.07, 6.45) is -4.49. The zero-order valence-corrected chi connectivity index (χ0v) is 14.8. The highest BCUT2D eigenvalue weighted by atomic mass is 32.2. The van der Waals surface area contributed by atoms with Gasteiger partial charge in [0.1, 0.15) is 12.3 Å². The summed E-state index contributed by atoms with van der Waals surface area (Å²) in [7, 11) is 0. The SMILES string of the molecule is O=C(CN1C(=O)CSc2ccccc21)Nc1ccccc1OCC(F)(F)F. The Hall–Kier alpha value is -2.68. The molecular formula is C18H15F3N2O3S. The standard InChI is InChI=1S/C18H15F3N2O3S/c19-18(20,21)11-26-14-7-3-1-5-12(14)22-16(24)9-23-13-6-2-4-8-15(13)27-10-17(23)25/h1-8H,9-11H2,(H,22,24). The van der Waals surface area contributed by atoms with Crippen molar-refractivity contribution < 1.29 is 27.5 Å². The minimum absolute atomic E-state index is 0.0934. The van der Waals surface area contributed by atoms with Crippen LogP contribution in [0.15, 0.2) is 53.4 Å². The number of thioether (sulfide) groups is 1. The molecule has 2 aromatic carbocycles. The topological polar surface area (TPSA) is 58.6 Å². The molecule has 1 aliphatic heterocycles. The van der Waals surface area contributed by atoms with Crippen molar-refractivity contribution in [2.24, 2.45) is 0 Å².